The molecule has 1 aliphatic rings. The van der Waals surface area contributed by atoms with Crippen molar-refractivity contribution in [2.45, 2.75) is 6.42 Å². The summed E-state index contributed by atoms with van der Waals surface area (Å²) in [5.74, 6) is 0.0633. The van der Waals surface area contributed by atoms with Crippen LogP contribution in [0, 0.1) is 0 Å². The number of piperazine rings is 1. The van der Waals surface area contributed by atoms with E-state index in [0.717, 1.165) is 45.7 Å². The van der Waals surface area contributed by atoms with Gasteiger partial charge in [0.25, 0.3) is 5.91 Å². The van der Waals surface area contributed by atoms with E-state index in [1.165, 1.54) is 0 Å². The highest BCUT2D eigenvalue weighted by Crippen LogP contribution is 2.08. The Balaban J connectivity index is 1.72. The Morgan fingerprint density at radius 1 is 1.19 bits per heavy atom. The number of carbonyl (C=O) groups is 1. The SMILES string of the molecule is CN1CCN(CCCN(C)C(=O)c2ccc(N)cc2)CC1. The average molecular weight is 290 g/mol. The number of carbonyl (C=O) groups excluding carboxylic acids is 1. The third-order valence-electron chi connectivity index (χ3n) is 4.07. The van der Waals surface area contributed by atoms with Crippen molar-refractivity contribution >= 4 is 11.6 Å². The molecule has 0 saturated carbocycles. The van der Waals surface area contributed by atoms with Crippen LogP contribution in [0.3, 0.4) is 0 Å². The van der Waals surface area contributed by atoms with Gasteiger partial charge in [-0.15, -0.1) is 0 Å². The molecule has 0 atom stereocenters. The Morgan fingerprint density at radius 2 is 1.81 bits per heavy atom. The molecule has 0 radical (unpaired) electrons. The van der Waals surface area contributed by atoms with Gasteiger partial charge in [-0.1, -0.05) is 0 Å². The average Bonchev–Trinajstić information content (AvgIpc) is 2.49. The Kier molecular flexibility index (Phi) is 5.59. The predicted molar refractivity (Wildman–Crippen MR) is 86.4 cm³/mol. The quantitative estimate of drug-likeness (QED) is 0.821. The summed E-state index contributed by atoms with van der Waals surface area (Å²) >= 11 is 0. The molecule has 1 heterocycles. The first-order chi connectivity index (χ1) is 10.1. The maximum atomic E-state index is 12.2. The lowest BCUT2D eigenvalue weighted by Gasteiger charge is -2.32. The normalized spacial score (nSPS) is 16.9. The van der Waals surface area contributed by atoms with Crippen molar-refractivity contribution in [2.75, 3.05) is 59.1 Å². The van der Waals surface area contributed by atoms with E-state index in [2.05, 4.69) is 16.8 Å². The fourth-order valence-electron chi connectivity index (χ4n) is 2.55. The summed E-state index contributed by atoms with van der Waals surface area (Å²) in [6.45, 7) is 6.39. The smallest absolute Gasteiger partial charge is 0.253 e. The van der Waals surface area contributed by atoms with Crippen LogP contribution in [0.5, 0.6) is 0 Å². The first kappa shape index (κ1) is 15.8. The number of nitrogen functional groups attached to an aromatic ring is 1. The van der Waals surface area contributed by atoms with Crippen LogP contribution < -0.4 is 5.73 Å². The lowest BCUT2D eigenvalue weighted by Crippen LogP contribution is -2.45. The van der Waals surface area contributed by atoms with E-state index in [4.69, 9.17) is 5.73 Å². The molecule has 0 unspecified atom stereocenters. The minimum Gasteiger partial charge on any atom is -0.399 e. The van der Waals surface area contributed by atoms with Crippen molar-refractivity contribution in [3.05, 3.63) is 29.8 Å². The number of anilines is 1. The molecule has 0 bridgehead atoms. The molecule has 5 nitrogen and oxygen atoms in total. The molecule has 1 fully saturated rings. The summed E-state index contributed by atoms with van der Waals surface area (Å²) in [6, 6.07) is 7.11. The van der Waals surface area contributed by atoms with Gasteiger partial charge >= 0.3 is 0 Å². The van der Waals surface area contributed by atoms with E-state index in [1.54, 1.807) is 29.2 Å². The lowest BCUT2D eigenvalue weighted by molar-refractivity contribution is 0.0783. The minimum atomic E-state index is 0.0633. The second-order valence-electron chi connectivity index (χ2n) is 5.85. The molecule has 1 aliphatic heterocycles. The van der Waals surface area contributed by atoms with Crippen molar-refractivity contribution in [1.82, 2.24) is 14.7 Å². The topological polar surface area (TPSA) is 52.8 Å². The fourth-order valence-corrected chi connectivity index (χ4v) is 2.55. The van der Waals surface area contributed by atoms with Gasteiger partial charge in [0.15, 0.2) is 0 Å². The Labute approximate surface area is 127 Å². The van der Waals surface area contributed by atoms with Crippen LogP contribution in [0.25, 0.3) is 0 Å². The van der Waals surface area contributed by atoms with Crippen LogP contribution in [0.2, 0.25) is 0 Å². The third-order valence-corrected chi connectivity index (χ3v) is 4.07. The highest BCUT2D eigenvalue weighted by molar-refractivity contribution is 5.94. The van der Waals surface area contributed by atoms with Crippen molar-refractivity contribution in [1.29, 1.82) is 0 Å². The van der Waals surface area contributed by atoms with E-state index < -0.39 is 0 Å². The van der Waals surface area contributed by atoms with Crippen molar-refractivity contribution in [3.8, 4) is 0 Å². The van der Waals surface area contributed by atoms with Gasteiger partial charge in [-0.2, -0.15) is 0 Å². The highest BCUT2D eigenvalue weighted by atomic mass is 16.2. The number of likely N-dealkylation sites (N-methyl/N-ethyl adjacent to an activating group) is 1. The van der Waals surface area contributed by atoms with E-state index in [0.29, 0.717) is 11.3 Å². The molecule has 0 spiro atoms. The molecular formula is C16H26N4O. The third kappa shape index (κ3) is 4.72. The van der Waals surface area contributed by atoms with Gasteiger partial charge in [0.1, 0.15) is 0 Å². The maximum Gasteiger partial charge on any atom is 0.253 e. The number of hydrogen-bond donors (Lipinski definition) is 1. The van der Waals surface area contributed by atoms with E-state index >= 15 is 0 Å². The Morgan fingerprint density at radius 3 is 2.43 bits per heavy atom. The highest BCUT2D eigenvalue weighted by Gasteiger charge is 2.15. The molecule has 1 amide bonds. The molecule has 1 aromatic carbocycles. The van der Waals surface area contributed by atoms with Gasteiger partial charge in [-0.25, -0.2) is 0 Å². The number of nitrogens with zero attached hydrogens (tertiary/aromatic N) is 3. The number of benzene rings is 1. The van der Waals surface area contributed by atoms with Crippen molar-refractivity contribution in [2.24, 2.45) is 0 Å². The van der Waals surface area contributed by atoms with Gasteiger partial charge in [-0.3, -0.25) is 4.79 Å². The number of amides is 1. The monoisotopic (exact) mass is 290 g/mol. The van der Waals surface area contributed by atoms with Crippen LogP contribution in [-0.2, 0) is 0 Å². The van der Waals surface area contributed by atoms with Gasteiger partial charge in [-0.05, 0) is 44.3 Å². The fraction of sp³-hybridized carbons (Fsp3) is 0.562. The van der Waals surface area contributed by atoms with E-state index in [-0.39, 0.29) is 5.91 Å². The summed E-state index contributed by atoms with van der Waals surface area (Å²) in [5.41, 5.74) is 7.03. The van der Waals surface area contributed by atoms with Crippen LogP contribution in [0.1, 0.15) is 16.8 Å². The molecule has 2 N–H and O–H groups in total. The maximum absolute atomic E-state index is 12.2. The summed E-state index contributed by atoms with van der Waals surface area (Å²) in [7, 11) is 4.03. The predicted octanol–water partition coefficient (Wildman–Crippen LogP) is 0.978. The van der Waals surface area contributed by atoms with Crippen molar-refractivity contribution in [3.63, 3.8) is 0 Å². The molecular weight excluding hydrogens is 264 g/mol. The van der Waals surface area contributed by atoms with Gasteiger partial charge in [0, 0.05) is 51.0 Å². The number of hydrogen-bond acceptors (Lipinski definition) is 4. The number of rotatable bonds is 5. The second kappa shape index (κ2) is 7.43. The zero-order chi connectivity index (χ0) is 15.2. The van der Waals surface area contributed by atoms with Crippen LogP contribution >= 0.6 is 0 Å². The molecule has 21 heavy (non-hydrogen) atoms. The van der Waals surface area contributed by atoms with Crippen LogP contribution in [0.15, 0.2) is 24.3 Å². The van der Waals surface area contributed by atoms with Gasteiger partial charge in [0.2, 0.25) is 0 Å². The molecule has 116 valence electrons. The van der Waals surface area contributed by atoms with Crippen LogP contribution in [-0.4, -0.2) is 74.0 Å². The summed E-state index contributed by atoms with van der Waals surface area (Å²) in [4.78, 5) is 18.9. The summed E-state index contributed by atoms with van der Waals surface area (Å²) in [6.07, 6.45) is 1.01. The summed E-state index contributed by atoms with van der Waals surface area (Å²) < 4.78 is 0. The number of nitrogens with two attached hydrogens (primary N) is 1. The molecule has 2 rings (SSSR count). The second-order valence-corrected chi connectivity index (χ2v) is 5.85. The Bertz CT molecular complexity index is 452. The lowest BCUT2D eigenvalue weighted by atomic mass is 10.2. The van der Waals surface area contributed by atoms with Gasteiger partial charge in [0.05, 0.1) is 0 Å². The molecule has 0 aromatic heterocycles. The Hall–Kier alpha value is -1.59. The van der Waals surface area contributed by atoms with Gasteiger partial charge < -0.3 is 20.4 Å². The standard InChI is InChI=1S/C16H26N4O/c1-18-10-12-20(13-11-18)9-3-8-19(2)16(21)14-4-6-15(17)7-5-14/h4-7H,3,8-13,17H2,1-2H3. The molecule has 0 aliphatic carbocycles. The zero-order valence-electron chi connectivity index (χ0n) is 13.1. The van der Waals surface area contributed by atoms with Crippen LogP contribution in [0.4, 0.5) is 5.69 Å². The zero-order valence-corrected chi connectivity index (χ0v) is 13.1. The van der Waals surface area contributed by atoms with E-state index in [1.807, 2.05) is 7.05 Å². The van der Waals surface area contributed by atoms with E-state index in [9.17, 15) is 4.79 Å². The summed E-state index contributed by atoms with van der Waals surface area (Å²) in [5, 5.41) is 0. The first-order valence-electron chi connectivity index (χ1n) is 7.58. The molecule has 1 aromatic rings. The first-order valence-corrected chi connectivity index (χ1v) is 7.58. The molecule has 5 heteroatoms. The minimum absolute atomic E-state index is 0.0633. The molecule has 1 saturated heterocycles. The largest absolute Gasteiger partial charge is 0.399 e. The van der Waals surface area contributed by atoms with Crippen molar-refractivity contribution < 1.29 is 4.79 Å².